The van der Waals surface area contributed by atoms with E-state index in [0.717, 1.165) is 0 Å². The third kappa shape index (κ3) is 2.05. The molecule has 0 saturated heterocycles. The topological polar surface area (TPSA) is 25.2 Å². The lowest BCUT2D eigenvalue weighted by Gasteiger charge is -2.27. The van der Waals surface area contributed by atoms with E-state index in [1.807, 2.05) is 6.92 Å². The van der Waals surface area contributed by atoms with Crippen LogP contribution in [0.1, 0.15) is 37.9 Å². The number of aliphatic hydroxyl groups is 1. The minimum atomic E-state index is -0.348. The molecule has 0 radical (unpaired) electrons. The highest BCUT2D eigenvalue weighted by Gasteiger charge is 2.23. The van der Waals surface area contributed by atoms with E-state index in [4.69, 9.17) is 0 Å². The predicted octanol–water partition coefficient (Wildman–Crippen LogP) is 3.84. The Morgan fingerprint density at radius 2 is 1.72 bits per heavy atom. The Hall–Kier alpha value is -1.28. The van der Waals surface area contributed by atoms with Gasteiger partial charge >= 0.3 is 0 Å². The van der Waals surface area contributed by atoms with E-state index in [1.54, 1.807) is 0 Å². The van der Waals surface area contributed by atoms with E-state index < -0.39 is 0 Å². The Morgan fingerprint density at radius 3 is 2.28 bits per heavy atom. The number of aromatic nitrogens is 1. The number of aliphatic hydroxyl groups excluding tert-OH is 1. The Morgan fingerprint density at radius 1 is 1.06 bits per heavy atom. The van der Waals surface area contributed by atoms with Gasteiger partial charge in [0.25, 0.3) is 0 Å². The van der Waals surface area contributed by atoms with Crippen molar-refractivity contribution >= 4 is 10.9 Å². The van der Waals surface area contributed by atoms with Gasteiger partial charge in [0.05, 0.1) is 17.7 Å². The van der Waals surface area contributed by atoms with Gasteiger partial charge in [-0.2, -0.15) is 0 Å². The van der Waals surface area contributed by atoms with Crippen LogP contribution in [0.5, 0.6) is 0 Å². The first-order chi connectivity index (χ1) is 8.43. The number of rotatable bonds is 3. The molecule has 2 heteroatoms. The maximum atomic E-state index is 10.1. The molecule has 2 nitrogen and oxygen atoms in total. The summed E-state index contributed by atoms with van der Waals surface area (Å²) in [7, 11) is 0. The zero-order valence-corrected chi connectivity index (χ0v) is 11.9. The van der Waals surface area contributed by atoms with Crippen LogP contribution in [0.15, 0.2) is 24.4 Å². The van der Waals surface area contributed by atoms with Crippen molar-refractivity contribution < 1.29 is 5.11 Å². The third-order valence-electron chi connectivity index (χ3n) is 3.75. The molecule has 1 aromatic heterocycles. The molecular weight excluding hydrogens is 222 g/mol. The molecule has 0 aliphatic rings. The summed E-state index contributed by atoms with van der Waals surface area (Å²) in [5.74, 6) is 0.402. The minimum Gasteiger partial charge on any atom is -0.391 e. The van der Waals surface area contributed by atoms with Crippen LogP contribution in [-0.2, 0) is 0 Å². The number of hydrogen-bond acceptors (Lipinski definition) is 1. The Kier molecular flexibility index (Phi) is 3.49. The lowest BCUT2D eigenvalue weighted by Crippen LogP contribution is -2.25. The van der Waals surface area contributed by atoms with Crippen molar-refractivity contribution in [3.8, 4) is 0 Å². The summed E-state index contributed by atoms with van der Waals surface area (Å²) in [5.41, 5.74) is 3.81. The Balaban J connectivity index is 2.70. The molecular formula is C16H23NO. The fourth-order valence-corrected chi connectivity index (χ4v) is 3.01. The number of hydrogen-bond donors (Lipinski definition) is 1. The van der Waals surface area contributed by atoms with Crippen LogP contribution in [0, 0.1) is 19.8 Å². The van der Waals surface area contributed by atoms with Crippen LogP contribution in [0.4, 0.5) is 0 Å². The summed E-state index contributed by atoms with van der Waals surface area (Å²) >= 11 is 0. The van der Waals surface area contributed by atoms with Gasteiger partial charge in [0.2, 0.25) is 0 Å². The van der Waals surface area contributed by atoms with Gasteiger partial charge in [-0.25, -0.2) is 0 Å². The van der Waals surface area contributed by atoms with Crippen molar-refractivity contribution in [1.82, 2.24) is 4.57 Å². The molecule has 98 valence electrons. The van der Waals surface area contributed by atoms with Crippen molar-refractivity contribution in [2.45, 2.75) is 46.8 Å². The average molecular weight is 245 g/mol. The van der Waals surface area contributed by atoms with E-state index in [2.05, 4.69) is 56.7 Å². The van der Waals surface area contributed by atoms with Crippen molar-refractivity contribution in [2.24, 2.45) is 5.92 Å². The SMILES string of the molecule is Cc1cn(C(C(C)C)C(C)O)c2c(C)cccc12. The van der Waals surface area contributed by atoms with Gasteiger partial charge in [0.15, 0.2) is 0 Å². The van der Waals surface area contributed by atoms with Crippen molar-refractivity contribution in [1.29, 1.82) is 0 Å². The summed E-state index contributed by atoms with van der Waals surface area (Å²) in [6.07, 6.45) is 1.83. The number of nitrogens with zero attached hydrogens (tertiary/aromatic N) is 1. The maximum absolute atomic E-state index is 10.1. The monoisotopic (exact) mass is 245 g/mol. The summed E-state index contributed by atoms with van der Waals surface area (Å²) < 4.78 is 2.26. The smallest absolute Gasteiger partial charge is 0.0721 e. The molecule has 0 saturated carbocycles. The van der Waals surface area contributed by atoms with E-state index in [9.17, 15) is 5.11 Å². The predicted molar refractivity (Wildman–Crippen MR) is 77.0 cm³/mol. The first-order valence-corrected chi connectivity index (χ1v) is 6.68. The van der Waals surface area contributed by atoms with Crippen LogP contribution in [0.2, 0.25) is 0 Å². The molecule has 2 aromatic rings. The minimum absolute atomic E-state index is 0.127. The summed E-state index contributed by atoms with van der Waals surface area (Å²) in [4.78, 5) is 0. The van der Waals surface area contributed by atoms with Gasteiger partial charge in [-0.05, 0) is 37.8 Å². The quantitative estimate of drug-likeness (QED) is 0.873. The number of benzene rings is 1. The van der Waals surface area contributed by atoms with Gasteiger partial charge < -0.3 is 9.67 Å². The molecule has 2 unspecified atom stereocenters. The van der Waals surface area contributed by atoms with Crippen LogP contribution >= 0.6 is 0 Å². The highest BCUT2D eigenvalue weighted by atomic mass is 16.3. The molecule has 0 aliphatic heterocycles. The second-order valence-electron chi connectivity index (χ2n) is 5.67. The molecule has 0 spiro atoms. The molecule has 0 aliphatic carbocycles. The zero-order valence-electron chi connectivity index (χ0n) is 11.9. The number of para-hydroxylation sites is 1. The molecule has 1 heterocycles. The second kappa shape index (κ2) is 4.77. The molecule has 1 N–H and O–H groups in total. The Bertz CT molecular complexity index is 543. The van der Waals surface area contributed by atoms with Crippen molar-refractivity contribution in [2.75, 3.05) is 0 Å². The van der Waals surface area contributed by atoms with Crippen LogP contribution in [-0.4, -0.2) is 15.8 Å². The van der Waals surface area contributed by atoms with Crippen LogP contribution < -0.4 is 0 Å². The number of aryl methyl sites for hydroxylation is 2. The number of fused-ring (bicyclic) bond motifs is 1. The van der Waals surface area contributed by atoms with Crippen molar-refractivity contribution in [3.63, 3.8) is 0 Å². The van der Waals surface area contributed by atoms with Crippen molar-refractivity contribution in [3.05, 3.63) is 35.5 Å². The van der Waals surface area contributed by atoms with Gasteiger partial charge in [-0.15, -0.1) is 0 Å². The van der Waals surface area contributed by atoms with E-state index in [-0.39, 0.29) is 12.1 Å². The lowest BCUT2D eigenvalue weighted by molar-refractivity contribution is 0.106. The van der Waals surface area contributed by atoms with Gasteiger partial charge in [-0.1, -0.05) is 32.0 Å². The summed E-state index contributed by atoms with van der Waals surface area (Å²) in [5, 5.41) is 11.4. The van der Waals surface area contributed by atoms with Gasteiger partial charge in [-0.3, -0.25) is 0 Å². The molecule has 2 atom stereocenters. The standard InChI is InChI=1S/C16H23NO/c1-10(2)15(13(5)18)17-9-12(4)14-8-6-7-11(3)16(14)17/h6-10,13,15,18H,1-5H3. The van der Waals surface area contributed by atoms with Gasteiger partial charge in [0.1, 0.15) is 0 Å². The lowest BCUT2D eigenvalue weighted by atomic mass is 9.99. The fourth-order valence-electron chi connectivity index (χ4n) is 3.01. The van der Waals surface area contributed by atoms with Crippen LogP contribution in [0.3, 0.4) is 0 Å². The highest BCUT2D eigenvalue weighted by Crippen LogP contribution is 2.31. The van der Waals surface area contributed by atoms with E-state index in [0.29, 0.717) is 5.92 Å². The largest absolute Gasteiger partial charge is 0.391 e. The highest BCUT2D eigenvalue weighted by molar-refractivity contribution is 5.86. The second-order valence-corrected chi connectivity index (χ2v) is 5.67. The summed E-state index contributed by atoms with van der Waals surface area (Å²) in [6, 6.07) is 6.52. The normalized spacial score (nSPS) is 15.3. The summed E-state index contributed by atoms with van der Waals surface area (Å²) in [6.45, 7) is 10.5. The molecule has 18 heavy (non-hydrogen) atoms. The molecule has 1 aromatic carbocycles. The molecule has 0 amide bonds. The molecule has 2 rings (SSSR count). The third-order valence-corrected chi connectivity index (χ3v) is 3.75. The zero-order chi connectivity index (χ0) is 13.4. The van der Waals surface area contributed by atoms with Crippen LogP contribution in [0.25, 0.3) is 10.9 Å². The van der Waals surface area contributed by atoms with Gasteiger partial charge in [0, 0.05) is 11.6 Å². The molecule has 0 bridgehead atoms. The van der Waals surface area contributed by atoms with E-state index in [1.165, 1.54) is 22.0 Å². The Labute approximate surface area is 109 Å². The fraction of sp³-hybridized carbons (Fsp3) is 0.500. The first kappa shape index (κ1) is 13.2. The first-order valence-electron chi connectivity index (χ1n) is 6.68. The maximum Gasteiger partial charge on any atom is 0.0721 e. The average Bonchev–Trinajstić information content (AvgIpc) is 2.57. The van der Waals surface area contributed by atoms with E-state index >= 15 is 0 Å². The molecule has 0 fully saturated rings.